The summed E-state index contributed by atoms with van der Waals surface area (Å²) in [5.41, 5.74) is 7.62. The zero-order valence-electron chi connectivity index (χ0n) is 8.10. The minimum atomic E-state index is 0.140. The van der Waals surface area contributed by atoms with E-state index in [0.717, 1.165) is 15.8 Å². The highest BCUT2D eigenvalue weighted by atomic mass is 79.9. The maximum absolute atomic E-state index is 5.82. The van der Waals surface area contributed by atoms with Gasteiger partial charge in [-0.3, -0.25) is 0 Å². The number of anilines is 1. The smallest absolute Gasteiger partial charge is 0.156 e. The van der Waals surface area contributed by atoms with Gasteiger partial charge in [-0.25, -0.2) is 0 Å². The van der Waals surface area contributed by atoms with Gasteiger partial charge in [0.05, 0.1) is 16.3 Å². The van der Waals surface area contributed by atoms with Gasteiger partial charge in [-0.1, -0.05) is 0 Å². The van der Waals surface area contributed by atoms with Crippen LogP contribution in [0.15, 0.2) is 16.6 Å². The average molecular weight is 244 g/mol. The molecule has 13 heavy (non-hydrogen) atoms. The molecule has 0 bridgehead atoms. The fraction of sp³-hybridized carbons (Fsp3) is 0.400. The van der Waals surface area contributed by atoms with E-state index in [1.807, 2.05) is 32.9 Å². The number of halogens is 1. The molecule has 1 aromatic carbocycles. The largest absolute Gasteiger partial charge is 0.488 e. The minimum absolute atomic E-state index is 0.140. The summed E-state index contributed by atoms with van der Waals surface area (Å²) in [6.45, 7) is 5.96. The van der Waals surface area contributed by atoms with Crippen LogP contribution >= 0.6 is 15.9 Å². The monoisotopic (exact) mass is 243 g/mol. The quantitative estimate of drug-likeness (QED) is 0.811. The molecule has 1 rings (SSSR count). The van der Waals surface area contributed by atoms with Crippen LogP contribution in [0.5, 0.6) is 5.75 Å². The Kier molecular flexibility index (Phi) is 3.20. The van der Waals surface area contributed by atoms with E-state index in [4.69, 9.17) is 10.5 Å². The first-order valence-electron chi connectivity index (χ1n) is 4.23. The van der Waals surface area contributed by atoms with Crippen molar-refractivity contribution in [1.29, 1.82) is 0 Å². The highest BCUT2D eigenvalue weighted by Gasteiger charge is 2.08. The first kappa shape index (κ1) is 10.4. The van der Waals surface area contributed by atoms with Crippen molar-refractivity contribution in [3.8, 4) is 5.75 Å². The Hall–Kier alpha value is -0.700. The molecule has 0 heterocycles. The third-order valence-electron chi connectivity index (χ3n) is 1.57. The molecule has 0 atom stereocenters. The van der Waals surface area contributed by atoms with E-state index in [0.29, 0.717) is 5.69 Å². The van der Waals surface area contributed by atoms with Crippen LogP contribution in [0.4, 0.5) is 5.69 Å². The second-order valence-corrected chi connectivity index (χ2v) is 4.19. The lowest BCUT2D eigenvalue weighted by molar-refractivity contribution is 0.242. The molecule has 0 radical (unpaired) electrons. The highest BCUT2D eigenvalue weighted by molar-refractivity contribution is 9.10. The van der Waals surface area contributed by atoms with Crippen LogP contribution in [0.1, 0.15) is 19.4 Å². The molecule has 3 heteroatoms. The molecule has 0 saturated heterocycles. The molecule has 0 aliphatic heterocycles. The minimum Gasteiger partial charge on any atom is -0.488 e. The van der Waals surface area contributed by atoms with Gasteiger partial charge in [-0.15, -0.1) is 0 Å². The van der Waals surface area contributed by atoms with Gasteiger partial charge in [0, 0.05) is 0 Å². The van der Waals surface area contributed by atoms with Crippen LogP contribution < -0.4 is 10.5 Å². The molecule has 0 amide bonds. The Morgan fingerprint density at radius 1 is 1.38 bits per heavy atom. The summed E-state index contributed by atoms with van der Waals surface area (Å²) in [5, 5.41) is 0. The van der Waals surface area contributed by atoms with Crippen molar-refractivity contribution in [2.45, 2.75) is 26.9 Å². The van der Waals surface area contributed by atoms with Gasteiger partial charge in [0.15, 0.2) is 5.75 Å². The number of hydrogen-bond donors (Lipinski definition) is 1. The summed E-state index contributed by atoms with van der Waals surface area (Å²) in [6, 6.07) is 3.90. The Morgan fingerprint density at radius 2 is 2.00 bits per heavy atom. The van der Waals surface area contributed by atoms with Crippen LogP contribution in [0, 0.1) is 6.92 Å². The summed E-state index contributed by atoms with van der Waals surface area (Å²) in [7, 11) is 0. The number of nitrogen functional groups attached to an aromatic ring is 1. The lowest BCUT2D eigenvalue weighted by Gasteiger charge is -2.14. The fourth-order valence-electron chi connectivity index (χ4n) is 1.12. The number of benzene rings is 1. The van der Waals surface area contributed by atoms with Gasteiger partial charge < -0.3 is 10.5 Å². The summed E-state index contributed by atoms with van der Waals surface area (Å²) in [4.78, 5) is 0. The number of ether oxygens (including phenoxy) is 1. The van der Waals surface area contributed by atoms with Crippen LogP contribution in [0.3, 0.4) is 0 Å². The normalized spacial score (nSPS) is 10.5. The second-order valence-electron chi connectivity index (χ2n) is 3.33. The Labute approximate surface area is 87.2 Å². The lowest BCUT2D eigenvalue weighted by atomic mass is 10.2. The summed E-state index contributed by atoms with van der Waals surface area (Å²) < 4.78 is 6.47. The predicted octanol–water partition coefficient (Wildman–Crippen LogP) is 3.13. The molecule has 2 nitrogen and oxygen atoms in total. The van der Waals surface area contributed by atoms with E-state index < -0.39 is 0 Å². The van der Waals surface area contributed by atoms with Gasteiger partial charge in [0.25, 0.3) is 0 Å². The van der Waals surface area contributed by atoms with E-state index in [1.165, 1.54) is 0 Å². The Balaban J connectivity index is 3.06. The van der Waals surface area contributed by atoms with E-state index >= 15 is 0 Å². The van der Waals surface area contributed by atoms with Crippen molar-refractivity contribution >= 4 is 21.6 Å². The average Bonchev–Trinajstić information content (AvgIpc) is 1.96. The number of hydrogen-bond acceptors (Lipinski definition) is 2. The SMILES string of the molecule is Cc1cc(N)c(OC(C)C)c(Br)c1. The molecule has 72 valence electrons. The van der Waals surface area contributed by atoms with E-state index in [-0.39, 0.29) is 6.10 Å². The van der Waals surface area contributed by atoms with E-state index in [1.54, 1.807) is 0 Å². The number of nitrogens with two attached hydrogens (primary N) is 1. The summed E-state index contributed by atoms with van der Waals surface area (Å²) in [5.74, 6) is 0.737. The number of rotatable bonds is 2. The molecule has 0 saturated carbocycles. The van der Waals surface area contributed by atoms with Gasteiger partial charge >= 0.3 is 0 Å². The molecule has 1 aromatic rings. The maximum atomic E-state index is 5.82. The van der Waals surface area contributed by atoms with E-state index in [9.17, 15) is 0 Å². The van der Waals surface area contributed by atoms with Crippen LogP contribution in [0.25, 0.3) is 0 Å². The van der Waals surface area contributed by atoms with Crippen LogP contribution in [-0.2, 0) is 0 Å². The first-order valence-corrected chi connectivity index (χ1v) is 5.02. The highest BCUT2D eigenvalue weighted by Crippen LogP contribution is 2.33. The second kappa shape index (κ2) is 4.01. The molecule has 0 spiro atoms. The van der Waals surface area contributed by atoms with Gasteiger partial charge in [-0.2, -0.15) is 0 Å². The van der Waals surface area contributed by atoms with Crippen molar-refractivity contribution < 1.29 is 4.74 Å². The van der Waals surface area contributed by atoms with Crippen molar-refractivity contribution in [3.63, 3.8) is 0 Å². The standard InChI is InChI=1S/C10H14BrNO/c1-6(2)13-10-8(11)4-7(3)5-9(10)12/h4-6H,12H2,1-3H3. The van der Waals surface area contributed by atoms with Crippen LogP contribution in [-0.4, -0.2) is 6.10 Å². The maximum Gasteiger partial charge on any atom is 0.156 e. The zero-order chi connectivity index (χ0) is 10.0. The van der Waals surface area contributed by atoms with Gasteiger partial charge in [-0.05, 0) is 54.4 Å². The topological polar surface area (TPSA) is 35.2 Å². The summed E-state index contributed by atoms with van der Waals surface area (Å²) >= 11 is 3.42. The van der Waals surface area contributed by atoms with Gasteiger partial charge in [0.1, 0.15) is 0 Å². The Bertz CT molecular complexity index is 287. The third kappa shape index (κ3) is 2.62. The van der Waals surface area contributed by atoms with Gasteiger partial charge in [0.2, 0.25) is 0 Å². The molecule has 0 aromatic heterocycles. The summed E-state index contributed by atoms with van der Waals surface area (Å²) in [6.07, 6.45) is 0.140. The molecule has 0 aliphatic carbocycles. The molecular weight excluding hydrogens is 230 g/mol. The van der Waals surface area contributed by atoms with Crippen molar-refractivity contribution in [3.05, 3.63) is 22.2 Å². The predicted molar refractivity (Wildman–Crippen MR) is 59.1 cm³/mol. The molecule has 0 fully saturated rings. The van der Waals surface area contributed by atoms with Crippen molar-refractivity contribution in [1.82, 2.24) is 0 Å². The fourth-order valence-corrected chi connectivity index (χ4v) is 1.80. The molecular formula is C10H14BrNO. The zero-order valence-corrected chi connectivity index (χ0v) is 9.68. The van der Waals surface area contributed by atoms with Crippen molar-refractivity contribution in [2.75, 3.05) is 5.73 Å². The molecule has 2 N–H and O–H groups in total. The number of aryl methyl sites for hydroxylation is 1. The third-order valence-corrected chi connectivity index (χ3v) is 2.16. The molecule has 0 aliphatic rings. The van der Waals surface area contributed by atoms with E-state index in [2.05, 4.69) is 15.9 Å². The lowest BCUT2D eigenvalue weighted by Crippen LogP contribution is -2.08. The van der Waals surface area contributed by atoms with Crippen molar-refractivity contribution in [2.24, 2.45) is 0 Å². The van der Waals surface area contributed by atoms with Crippen LogP contribution in [0.2, 0.25) is 0 Å². The Morgan fingerprint density at radius 3 is 2.46 bits per heavy atom. The first-order chi connectivity index (χ1) is 6.00. The molecule has 0 unspecified atom stereocenters.